The molecule has 0 aliphatic carbocycles. The van der Waals surface area contributed by atoms with Crippen LogP contribution in [0.15, 0.2) is 12.5 Å². The number of hydrogen-bond donors (Lipinski definition) is 3. The summed E-state index contributed by atoms with van der Waals surface area (Å²) in [6.07, 6.45) is 4.08. The van der Waals surface area contributed by atoms with Crippen LogP contribution in [0.3, 0.4) is 0 Å². The largest absolute Gasteiger partial charge is 0.270 e. The van der Waals surface area contributed by atoms with Crippen molar-refractivity contribution in [1.29, 1.82) is 0 Å². The number of H-pyrrole nitrogens is 1. The molecule has 16 heavy (non-hydrogen) atoms. The van der Waals surface area contributed by atoms with Gasteiger partial charge in [0.2, 0.25) is 0 Å². The lowest BCUT2D eigenvalue weighted by Crippen LogP contribution is -2.31. The number of rotatable bonds is 5. The lowest BCUT2D eigenvalue weighted by Gasteiger charge is -2.13. The van der Waals surface area contributed by atoms with E-state index in [0.29, 0.717) is 5.82 Å². The fourth-order valence-corrected chi connectivity index (χ4v) is 1.53. The first-order valence-corrected chi connectivity index (χ1v) is 5.06. The van der Waals surface area contributed by atoms with E-state index in [1.165, 1.54) is 6.33 Å². The Hall–Kier alpha value is -1.80. The molecule has 0 amide bonds. The SMILES string of the molecule is CCCn1nncc1C(NN)c1ncn[nH]1. The van der Waals surface area contributed by atoms with Crippen LogP contribution in [0.2, 0.25) is 0 Å². The highest BCUT2D eigenvalue weighted by Gasteiger charge is 2.19. The normalized spacial score (nSPS) is 12.9. The molecule has 1 atom stereocenters. The van der Waals surface area contributed by atoms with Gasteiger partial charge >= 0.3 is 0 Å². The first-order valence-electron chi connectivity index (χ1n) is 5.06. The van der Waals surface area contributed by atoms with Crippen molar-refractivity contribution in [3.8, 4) is 0 Å². The second-order valence-corrected chi connectivity index (χ2v) is 3.35. The Bertz CT molecular complexity index is 419. The molecule has 0 bridgehead atoms. The molecule has 0 aliphatic heterocycles. The van der Waals surface area contributed by atoms with Crippen molar-refractivity contribution in [3.05, 3.63) is 24.0 Å². The molecule has 2 aromatic heterocycles. The second kappa shape index (κ2) is 4.81. The topological polar surface area (TPSA) is 110 Å². The van der Waals surface area contributed by atoms with Crippen molar-refractivity contribution in [2.24, 2.45) is 5.84 Å². The number of nitrogens with zero attached hydrogens (tertiary/aromatic N) is 5. The van der Waals surface area contributed by atoms with Gasteiger partial charge < -0.3 is 0 Å². The van der Waals surface area contributed by atoms with Crippen LogP contribution in [0, 0.1) is 0 Å². The average Bonchev–Trinajstić information content (AvgIpc) is 2.92. The molecule has 0 spiro atoms. The quantitative estimate of drug-likeness (QED) is 0.458. The van der Waals surface area contributed by atoms with E-state index in [-0.39, 0.29) is 6.04 Å². The molecule has 2 aromatic rings. The van der Waals surface area contributed by atoms with Gasteiger partial charge in [-0.15, -0.1) is 5.10 Å². The maximum Gasteiger partial charge on any atom is 0.148 e. The Labute approximate surface area is 92.2 Å². The fraction of sp³-hybridized carbons (Fsp3) is 0.500. The predicted octanol–water partition coefficient (Wildman–Crippen LogP) is -0.641. The number of hydrogen-bond acceptors (Lipinski definition) is 6. The van der Waals surface area contributed by atoms with Gasteiger partial charge in [0.1, 0.15) is 18.2 Å². The van der Waals surface area contributed by atoms with Crippen LogP contribution in [-0.4, -0.2) is 30.2 Å². The van der Waals surface area contributed by atoms with Crippen LogP contribution < -0.4 is 11.3 Å². The minimum Gasteiger partial charge on any atom is -0.270 e. The van der Waals surface area contributed by atoms with Crippen molar-refractivity contribution >= 4 is 0 Å². The lowest BCUT2D eigenvalue weighted by atomic mass is 10.2. The molecule has 0 fully saturated rings. The van der Waals surface area contributed by atoms with Gasteiger partial charge in [0.25, 0.3) is 0 Å². The summed E-state index contributed by atoms with van der Waals surface area (Å²) in [5.41, 5.74) is 3.53. The minimum atomic E-state index is -0.274. The number of aromatic nitrogens is 6. The highest BCUT2D eigenvalue weighted by atomic mass is 15.4. The Kier molecular flexibility index (Phi) is 3.22. The van der Waals surface area contributed by atoms with Crippen molar-refractivity contribution in [2.45, 2.75) is 25.9 Å². The van der Waals surface area contributed by atoms with E-state index in [1.807, 2.05) is 0 Å². The van der Waals surface area contributed by atoms with Crippen LogP contribution in [0.5, 0.6) is 0 Å². The fourth-order valence-electron chi connectivity index (χ4n) is 1.53. The maximum atomic E-state index is 5.51. The van der Waals surface area contributed by atoms with Crippen LogP contribution in [0.25, 0.3) is 0 Å². The van der Waals surface area contributed by atoms with Crippen molar-refractivity contribution in [1.82, 2.24) is 35.6 Å². The summed E-state index contributed by atoms with van der Waals surface area (Å²) >= 11 is 0. The van der Waals surface area contributed by atoms with Crippen molar-refractivity contribution < 1.29 is 0 Å². The van der Waals surface area contributed by atoms with E-state index in [1.54, 1.807) is 10.9 Å². The molecular weight excluding hydrogens is 208 g/mol. The molecule has 0 aliphatic rings. The summed E-state index contributed by atoms with van der Waals surface area (Å²) in [6.45, 7) is 2.87. The van der Waals surface area contributed by atoms with Gasteiger partial charge in [-0.3, -0.25) is 10.9 Å². The van der Waals surface area contributed by atoms with Crippen LogP contribution in [-0.2, 0) is 6.54 Å². The van der Waals surface area contributed by atoms with Crippen LogP contribution in [0.1, 0.15) is 30.9 Å². The molecule has 0 saturated heterocycles. The molecule has 8 nitrogen and oxygen atoms in total. The summed E-state index contributed by atoms with van der Waals surface area (Å²) in [7, 11) is 0. The lowest BCUT2D eigenvalue weighted by molar-refractivity contribution is 0.501. The predicted molar refractivity (Wildman–Crippen MR) is 55.9 cm³/mol. The highest BCUT2D eigenvalue weighted by molar-refractivity contribution is 5.12. The number of nitrogens with two attached hydrogens (primary N) is 1. The first-order chi connectivity index (χ1) is 7.86. The maximum absolute atomic E-state index is 5.51. The zero-order valence-electron chi connectivity index (χ0n) is 8.96. The summed E-state index contributed by atoms with van der Waals surface area (Å²) in [6, 6.07) is -0.274. The van der Waals surface area contributed by atoms with Gasteiger partial charge in [0.15, 0.2) is 0 Å². The highest BCUT2D eigenvalue weighted by Crippen LogP contribution is 2.16. The van der Waals surface area contributed by atoms with E-state index in [4.69, 9.17) is 5.84 Å². The van der Waals surface area contributed by atoms with Gasteiger partial charge in [-0.1, -0.05) is 12.1 Å². The van der Waals surface area contributed by atoms with Gasteiger partial charge in [-0.05, 0) is 6.42 Å². The van der Waals surface area contributed by atoms with Gasteiger partial charge in [0.05, 0.1) is 11.9 Å². The Morgan fingerprint density at radius 3 is 3.12 bits per heavy atom. The van der Waals surface area contributed by atoms with Gasteiger partial charge in [0, 0.05) is 6.54 Å². The first kappa shape index (κ1) is 10.7. The van der Waals surface area contributed by atoms with Gasteiger partial charge in [-0.25, -0.2) is 15.1 Å². The Morgan fingerprint density at radius 1 is 1.62 bits per heavy atom. The van der Waals surface area contributed by atoms with Crippen molar-refractivity contribution in [3.63, 3.8) is 0 Å². The number of aromatic amines is 1. The smallest absolute Gasteiger partial charge is 0.148 e. The summed E-state index contributed by atoms with van der Waals surface area (Å²) in [4.78, 5) is 4.07. The Morgan fingerprint density at radius 2 is 2.50 bits per heavy atom. The number of aryl methyl sites for hydroxylation is 1. The third kappa shape index (κ3) is 1.92. The molecule has 8 heteroatoms. The van der Waals surface area contributed by atoms with Gasteiger partial charge in [-0.2, -0.15) is 5.10 Å². The molecular formula is C8H14N8. The minimum absolute atomic E-state index is 0.274. The van der Waals surface area contributed by atoms with E-state index in [0.717, 1.165) is 18.7 Å². The molecule has 4 N–H and O–H groups in total. The van der Waals surface area contributed by atoms with E-state index in [2.05, 4.69) is 37.8 Å². The third-order valence-corrected chi connectivity index (χ3v) is 2.25. The molecule has 0 aromatic carbocycles. The second-order valence-electron chi connectivity index (χ2n) is 3.35. The third-order valence-electron chi connectivity index (χ3n) is 2.25. The monoisotopic (exact) mass is 222 g/mol. The van der Waals surface area contributed by atoms with Crippen LogP contribution in [0.4, 0.5) is 0 Å². The summed E-state index contributed by atoms with van der Waals surface area (Å²) < 4.78 is 1.80. The standard InChI is InChI=1S/C8H14N8/c1-2-3-16-6(4-11-15-16)7(13-9)8-10-5-12-14-8/h4-5,7,13H,2-3,9H2,1H3,(H,10,12,14). The van der Waals surface area contributed by atoms with E-state index < -0.39 is 0 Å². The zero-order chi connectivity index (χ0) is 11.4. The summed E-state index contributed by atoms with van der Waals surface area (Å²) in [5.74, 6) is 6.15. The van der Waals surface area contributed by atoms with Crippen LogP contribution >= 0.6 is 0 Å². The number of hydrazine groups is 1. The average molecular weight is 222 g/mol. The molecule has 2 rings (SSSR count). The molecule has 86 valence electrons. The van der Waals surface area contributed by atoms with Crippen molar-refractivity contribution in [2.75, 3.05) is 0 Å². The molecule has 1 unspecified atom stereocenters. The Balaban J connectivity index is 2.30. The van der Waals surface area contributed by atoms with E-state index in [9.17, 15) is 0 Å². The molecule has 0 radical (unpaired) electrons. The molecule has 2 heterocycles. The summed E-state index contributed by atoms with van der Waals surface area (Å²) in [5, 5.41) is 14.4. The molecule has 0 saturated carbocycles. The zero-order valence-corrected chi connectivity index (χ0v) is 8.96. The van der Waals surface area contributed by atoms with E-state index >= 15 is 0 Å². The number of nitrogens with one attached hydrogen (secondary N) is 2.